The van der Waals surface area contributed by atoms with Crippen molar-refractivity contribution in [3.05, 3.63) is 34.1 Å². The zero-order valence-corrected chi connectivity index (χ0v) is 12.6. The van der Waals surface area contributed by atoms with Crippen LogP contribution in [0.5, 0.6) is 0 Å². The molecule has 1 unspecified atom stereocenters. The maximum absolute atomic E-state index is 13.8. The Kier molecular flexibility index (Phi) is 5.72. The summed E-state index contributed by atoms with van der Waals surface area (Å²) in [5.41, 5.74) is 2.99. The van der Waals surface area contributed by atoms with E-state index in [1.54, 1.807) is 13.2 Å². The van der Waals surface area contributed by atoms with Gasteiger partial charge in [0, 0.05) is 17.1 Å². The van der Waals surface area contributed by atoms with Gasteiger partial charge in [-0.05, 0) is 38.8 Å². The summed E-state index contributed by atoms with van der Waals surface area (Å²) in [5, 5.41) is 0. The molecule has 0 aromatic heterocycles. The van der Waals surface area contributed by atoms with Crippen molar-refractivity contribution in [1.82, 2.24) is 5.43 Å². The van der Waals surface area contributed by atoms with Crippen molar-refractivity contribution in [2.45, 2.75) is 38.3 Å². The maximum atomic E-state index is 13.8. The largest absolute Gasteiger partial charge is 0.379 e. The quantitative estimate of drug-likeness (QED) is 0.625. The normalized spacial score (nSPS) is 13.7. The number of nitrogens with one attached hydrogen (secondary N) is 1. The topological polar surface area (TPSA) is 47.3 Å². The summed E-state index contributed by atoms with van der Waals surface area (Å²) in [5.74, 6) is 5.27. The first kappa shape index (κ1) is 15.6. The molecule has 5 heteroatoms. The van der Waals surface area contributed by atoms with Crippen LogP contribution in [0, 0.1) is 5.82 Å². The fraction of sp³-hybridized carbons (Fsp3) is 0.538. The molecule has 0 radical (unpaired) electrons. The highest BCUT2D eigenvalue weighted by atomic mass is 79.9. The van der Waals surface area contributed by atoms with E-state index in [0.717, 1.165) is 10.9 Å². The third kappa shape index (κ3) is 4.02. The summed E-state index contributed by atoms with van der Waals surface area (Å²) in [6, 6.07) is 4.67. The molecule has 18 heavy (non-hydrogen) atoms. The van der Waals surface area contributed by atoms with Crippen molar-refractivity contribution in [3.63, 3.8) is 0 Å². The number of ether oxygens (including phenoxy) is 1. The van der Waals surface area contributed by atoms with Crippen molar-refractivity contribution in [3.8, 4) is 0 Å². The van der Waals surface area contributed by atoms with Crippen molar-refractivity contribution in [1.29, 1.82) is 0 Å². The molecule has 1 rings (SSSR count). The van der Waals surface area contributed by atoms with Crippen molar-refractivity contribution >= 4 is 15.9 Å². The van der Waals surface area contributed by atoms with Crippen LogP contribution < -0.4 is 11.3 Å². The molecule has 3 nitrogen and oxygen atoms in total. The highest BCUT2D eigenvalue weighted by Gasteiger charge is 2.22. The number of nitrogens with two attached hydrogens (primary N) is 1. The van der Waals surface area contributed by atoms with E-state index >= 15 is 0 Å². The van der Waals surface area contributed by atoms with Gasteiger partial charge in [0.25, 0.3) is 0 Å². The van der Waals surface area contributed by atoms with Gasteiger partial charge in [0.05, 0.1) is 11.6 Å². The lowest BCUT2D eigenvalue weighted by Gasteiger charge is -2.26. The number of benzene rings is 1. The van der Waals surface area contributed by atoms with E-state index in [2.05, 4.69) is 21.4 Å². The molecular formula is C13H20BrFN2O. The summed E-state index contributed by atoms with van der Waals surface area (Å²) in [6.45, 7) is 3.99. The third-order valence-electron chi connectivity index (χ3n) is 3.14. The number of methoxy groups -OCH3 is 1. The number of rotatable bonds is 6. The first-order valence-electron chi connectivity index (χ1n) is 5.86. The van der Waals surface area contributed by atoms with E-state index in [-0.39, 0.29) is 17.5 Å². The molecule has 0 aliphatic rings. The van der Waals surface area contributed by atoms with Crippen LogP contribution in [0.1, 0.15) is 38.3 Å². The lowest BCUT2D eigenvalue weighted by molar-refractivity contribution is 0.0116. The predicted octanol–water partition coefficient (Wildman–Crippen LogP) is 3.30. The Hall–Kier alpha value is -0.490. The van der Waals surface area contributed by atoms with Gasteiger partial charge in [-0.15, -0.1) is 0 Å². The standard InChI is InChI=1S/C13H20BrFN2O/c1-13(2,18-3)8-7-11(17-16)12-9(14)5-4-6-10(12)15/h4-6,11,17H,7-8,16H2,1-3H3. The molecule has 1 aromatic carbocycles. The van der Waals surface area contributed by atoms with Gasteiger partial charge in [-0.2, -0.15) is 0 Å². The molecule has 0 aliphatic heterocycles. The molecule has 0 saturated heterocycles. The summed E-state index contributed by atoms with van der Waals surface area (Å²) in [6.07, 6.45) is 1.47. The molecule has 102 valence electrons. The van der Waals surface area contributed by atoms with E-state index in [0.29, 0.717) is 12.0 Å². The Balaban J connectivity index is 2.84. The van der Waals surface area contributed by atoms with Crippen LogP contribution in [0.3, 0.4) is 0 Å². The van der Waals surface area contributed by atoms with Gasteiger partial charge < -0.3 is 4.74 Å². The Bertz CT molecular complexity index is 378. The summed E-state index contributed by atoms with van der Waals surface area (Å²) in [7, 11) is 1.67. The van der Waals surface area contributed by atoms with Gasteiger partial charge in [-0.1, -0.05) is 22.0 Å². The van der Waals surface area contributed by atoms with Crippen LogP contribution in [0.25, 0.3) is 0 Å². The summed E-state index contributed by atoms with van der Waals surface area (Å²) < 4.78 is 19.9. The van der Waals surface area contributed by atoms with Crippen molar-refractivity contribution in [2.75, 3.05) is 7.11 Å². The number of hydrogen-bond donors (Lipinski definition) is 2. The monoisotopic (exact) mass is 318 g/mol. The Labute approximate surface area is 116 Å². The highest BCUT2D eigenvalue weighted by molar-refractivity contribution is 9.10. The third-order valence-corrected chi connectivity index (χ3v) is 3.83. The van der Waals surface area contributed by atoms with Gasteiger partial charge in [-0.25, -0.2) is 4.39 Å². The number of hydrogen-bond acceptors (Lipinski definition) is 3. The fourth-order valence-corrected chi connectivity index (χ4v) is 2.37. The Morgan fingerprint density at radius 3 is 2.67 bits per heavy atom. The molecule has 0 aliphatic carbocycles. The first-order valence-corrected chi connectivity index (χ1v) is 6.66. The molecule has 0 bridgehead atoms. The smallest absolute Gasteiger partial charge is 0.129 e. The van der Waals surface area contributed by atoms with Gasteiger partial charge in [0.2, 0.25) is 0 Å². The van der Waals surface area contributed by atoms with E-state index in [1.807, 2.05) is 19.9 Å². The minimum atomic E-state index is -0.262. The summed E-state index contributed by atoms with van der Waals surface area (Å²) >= 11 is 3.36. The van der Waals surface area contributed by atoms with E-state index < -0.39 is 0 Å². The fourth-order valence-electron chi connectivity index (χ4n) is 1.75. The molecule has 0 amide bonds. The average Bonchev–Trinajstić information content (AvgIpc) is 2.33. The molecule has 3 N–H and O–H groups in total. The molecule has 0 heterocycles. The minimum absolute atomic E-state index is 0.241. The highest BCUT2D eigenvalue weighted by Crippen LogP contribution is 2.30. The van der Waals surface area contributed by atoms with Crippen molar-refractivity contribution < 1.29 is 9.13 Å². The molecule has 1 aromatic rings. The Morgan fingerprint density at radius 2 is 2.17 bits per heavy atom. The van der Waals surface area contributed by atoms with E-state index in [9.17, 15) is 4.39 Å². The van der Waals surface area contributed by atoms with Crippen LogP contribution >= 0.6 is 15.9 Å². The van der Waals surface area contributed by atoms with Crippen LogP contribution in [-0.4, -0.2) is 12.7 Å². The van der Waals surface area contributed by atoms with Gasteiger partial charge in [-0.3, -0.25) is 11.3 Å². The first-order chi connectivity index (χ1) is 8.41. The van der Waals surface area contributed by atoms with Gasteiger partial charge >= 0.3 is 0 Å². The maximum Gasteiger partial charge on any atom is 0.129 e. The van der Waals surface area contributed by atoms with E-state index in [1.165, 1.54) is 6.07 Å². The number of hydrazine groups is 1. The molecule has 0 fully saturated rings. The molecular weight excluding hydrogens is 299 g/mol. The molecule has 0 saturated carbocycles. The molecule has 1 atom stereocenters. The van der Waals surface area contributed by atoms with Crippen LogP contribution in [0.4, 0.5) is 4.39 Å². The Morgan fingerprint density at radius 1 is 1.50 bits per heavy atom. The second kappa shape index (κ2) is 6.61. The van der Waals surface area contributed by atoms with E-state index in [4.69, 9.17) is 10.6 Å². The second-order valence-electron chi connectivity index (χ2n) is 4.86. The zero-order valence-electron chi connectivity index (χ0n) is 11.0. The van der Waals surface area contributed by atoms with Crippen molar-refractivity contribution in [2.24, 2.45) is 5.84 Å². The van der Waals surface area contributed by atoms with Gasteiger partial charge in [0.15, 0.2) is 0 Å². The zero-order chi connectivity index (χ0) is 13.8. The van der Waals surface area contributed by atoms with Crippen LogP contribution in [0.15, 0.2) is 22.7 Å². The lowest BCUT2D eigenvalue weighted by atomic mass is 9.95. The summed E-state index contributed by atoms with van der Waals surface area (Å²) in [4.78, 5) is 0. The second-order valence-corrected chi connectivity index (χ2v) is 5.71. The van der Waals surface area contributed by atoms with Crippen LogP contribution in [0.2, 0.25) is 0 Å². The van der Waals surface area contributed by atoms with Gasteiger partial charge in [0.1, 0.15) is 5.82 Å². The minimum Gasteiger partial charge on any atom is -0.379 e. The molecule has 0 spiro atoms. The average molecular weight is 319 g/mol. The predicted molar refractivity (Wildman–Crippen MR) is 74.5 cm³/mol. The number of halogens is 2. The SMILES string of the molecule is COC(C)(C)CCC(NN)c1c(F)cccc1Br. The van der Waals surface area contributed by atoms with Crippen LogP contribution in [-0.2, 0) is 4.74 Å². The lowest BCUT2D eigenvalue weighted by Crippen LogP contribution is -2.32.